The number of fused-ring (bicyclic) bond motifs is 5. The molecule has 4 N–H and O–H groups in total. The molecule has 2 aromatic heterocycles. The van der Waals surface area contributed by atoms with Crippen molar-refractivity contribution in [2.75, 3.05) is 119 Å². The second-order valence-corrected chi connectivity index (χ2v) is 22.3. The van der Waals surface area contributed by atoms with Crippen molar-refractivity contribution in [2.24, 2.45) is 22.7 Å². The van der Waals surface area contributed by atoms with Crippen LogP contribution in [-0.4, -0.2) is 192 Å². The molecule has 4 atom stereocenters. The molecule has 4 aliphatic rings. The molecule has 3 aromatic rings. The van der Waals surface area contributed by atoms with Crippen LogP contribution in [0.1, 0.15) is 113 Å². The lowest BCUT2D eigenvalue weighted by Gasteiger charge is -2.31. The number of nitrogens with zero attached hydrogens (tertiary/aromatic N) is 4. The Labute approximate surface area is 505 Å². The van der Waals surface area contributed by atoms with Crippen LogP contribution in [0.4, 0.5) is 4.39 Å². The molecule has 1 aromatic carbocycles. The highest BCUT2D eigenvalue weighted by Gasteiger charge is 2.46. The maximum absolute atomic E-state index is 15.4. The molecule has 6 amide bonds. The lowest BCUT2D eigenvalue weighted by Crippen LogP contribution is -2.49. The normalized spacial score (nSPS) is 18.3. The van der Waals surface area contributed by atoms with Crippen molar-refractivity contribution < 1.29 is 85.7 Å². The maximum atomic E-state index is 15.4. The van der Waals surface area contributed by atoms with Gasteiger partial charge in [0.2, 0.25) is 29.5 Å². The zero-order valence-corrected chi connectivity index (χ0v) is 51.0. The molecule has 25 nitrogen and oxygen atoms in total. The van der Waals surface area contributed by atoms with E-state index in [1.807, 2.05) is 13.8 Å². The number of carbonyl (C=O) groups is 7. The van der Waals surface area contributed by atoms with E-state index < -0.39 is 58.7 Å². The molecule has 478 valence electrons. The van der Waals surface area contributed by atoms with Gasteiger partial charge in [0.25, 0.3) is 11.5 Å². The van der Waals surface area contributed by atoms with Crippen LogP contribution in [0.25, 0.3) is 22.3 Å². The third-order valence-corrected chi connectivity index (χ3v) is 15.7. The van der Waals surface area contributed by atoms with E-state index in [-0.39, 0.29) is 112 Å². The number of esters is 1. The van der Waals surface area contributed by atoms with Gasteiger partial charge in [0, 0.05) is 60.3 Å². The standard InChI is InChI=1S/C61H84FN7O18/c1-8-61(78)44-32-48-55-42(34-69(48)59(76)43(44)35-87-60(61)77)53-46(10-9-40-38(6)45(62)33-47(65-55)52(40)53)66-56(73)39(7)64-57(74)54(37(4)5)67-50(71)12-15-79-17-19-81-21-23-83-25-27-85-29-30-86-28-26-84-24-22-82-20-18-80-16-13-63-49(70)11-14-68-51(72)31-41(36(2)3)58(68)75/h32-33,36-37,39,41,46,78H,8-31,34-35H2,1-7H3,(H,63,70)(H,64,74)(H,66,73)/t39-,41?,46-,61-/m0/s1. The van der Waals surface area contributed by atoms with Crippen LogP contribution in [-0.2, 0) is 101 Å². The number of nitrogens with one attached hydrogen (secondary N) is 3. The van der Waals surface area contributed by atoms with Crippen molar-refractivity contribution in [1.82, 2.24) is 30.4 Å². The Kier molecular flexibility index (Phi) is 25.5. The quantitative estimate of drug-likeness (QED) is 0.0218. The summed E-state index contributed by atoms with van der Waals surface area (Å²) < 4.78 is 66.3. The number of imide groups is 1. The Bertz CT molecular complexity index is 3060. The second kappa shape index (κ2) is 32.7. The number of benzene rings is 1. The minimum atomic E-state index is -2.04. The number of amides is 6. The van der Waals surface area contributed by atoms with E-state index in [0.717, 1.165) is 5.56 Å². The number of carbonyl (C=O) groups excluding carboxylic acids is 7. The van der Waals surface area contributed by atoms with E-state index in [1.165, 1.54) is 22.5 Å². The zero-order chi connectivity index (χ0) is 62.8. The molecule has 1 fully saturated rings. The first kappa shape index (κ1) is 68.0. The fourth-order valence-corrected chi connectivity index (χ4v) is 10.8. The zero-order valence-electron chi connectivity index (χ0n) is 51.0. The molecule has 3 aliphatic heterocycles. The SMILES string of the molecule is CC[C@@]1(O)C(=O)OCc2c1cc1n(c2=O)Cc2c-1nc1cc(F)c(C)c3c1c2[C@@H](NC(=O)[C@H](C)NC(=O)C(=NC(=O)CCOCCOCCOCCOCCOCCOCCOCCOCCNC(=O)CCN1C(=O)CC(C(C)C)C1=O)C(C)C)CC3. The van der Waals surface area contributed by atoms with E-state index in [9.17, 15) is 43.5 Å². The van der Waals surface area contributed by atoms with Crippen LogP contribution in [0.2, 0.25) is 0 Å². The van der Waals surface area contributed by atoms with Crippen LogP contribution >= 0.6 is 0 Å². The van der Waals surface area contributed by atoms with E-state index in [1.54, 1.807) is 33.8 Å². The number of aryl methyl sites for hydroxylation is 1. The number of aliphatic hydroxyl groups is 1. The Hall–Kier alpha value is -6.49. The van der Waals surface area contributed by atoms with Gasteiger partial charge in [-0.1, -0.05) is 34.6 Å². The van der Waals surface area contributed by atoms with Crippen molar-refractivity contribution >= 4 is 58.0 Å². The first-order valence-electron chi connectivity index (χ1n) is 30.0. The molecule has 0 radical (unpaired) electrons. The maximum Gasteiger partial charge on any atom is 0.343 e. The van der Waals surface area contributed by atoms with Gasteiger partial charge in [0.05, 0.1) is 147 Å². The van der Waals surface area contributed by atoms with Crippen molar-refractivity contribution in [3.63, 3.8) is 0 Å². The van der Waals surface area contributed by atoms with E-state index in [0.29, 0.717) is 144 Å². The molecular formula is C61H84FN7O18. The summed E-state index contributed by atoms with van der Waals surface area (Å²) in [6.45, 7) is 17.6. The summed E-state index contributed by atoms with van der Waals surface area (Å²) in [5.74, 6) is -4.48. The molecule has 1 aliphatic carbocycles. The lowest BCUT2D eigenvalue weighted by molar-refractivity contribution is -0.172. The number of aliphatic imine (C=N–C) groups is 1. The summed E-state index contributed by atoms with van der Waals surface area (Å²) >= 11 is 0. The van der Waals surface area contributed by atoms with Crippen molar-refractivity contribution in [1.29, 1.82) is 0 Å². The van der Waals surface area contributed by atoms with E-state index >= 15 is 4.39 Å². The monoisotopic (exact) mass is 1220 g/mol. The Balaban J connectivity index is 0.697. The van der Waals surface area contributed by atoms with Gasteiger partial charge in [0.1, 0.15) is 24.2 Å². The van der Waals surface area contributed by atoms with Crippen molar-refractivity contribution in [3.8, 4) is 11.4 Å². The number of pyridine rings is 2. The smallest absolute Gasteiger partial charge is 0.343 e. The van der Waals surface area contributed by atoms with Crippen LogP contribution in [0.15, 0.2) is 21.9 Å². The molecule has 5 heterocycles. The predicted octanol–water partition coefficient (Wildman–Crippen LogP) is 2.82. The number of hydrogen-bond donors (Lipinski definition) is 4. The first-order chi connectivity index (χ1) is 41.8. The summed E-state index contributed by atoms with van der Waals surface area (Å²) in [4.78, 5) is 114. The van der Waals surface area contributed by atoms with Gasteiger partial charge in [0.15, 0.2) is 5.60 Å². The largest absolute Gasteiger partial charge is 0.458 e. The molecule has 1 unspecified atom stereocenters. The number of halogens is 1. The number of cyclic esters (lactones) is 1. The summed E-state index contributed by atoms with van der Waals surface area (Å²) in [5.41, 5.74) is 1.23. The highest BCUT2D eigenvalue weighted by atomic mass is 19.1. The number of hydrogen-bond acceptors (Lipinski definition) is 19. The molecule has 0 saturated carbocycles. The van der Waals surface area contributed by atoms with E-state index in [4.69, 9.17) is 47.6 Å². The topological polar surface area (TPSA) is 309 Å². The summed E-state index contributed by atoms with van der Waals surface area (Å²) in [6.07, 6.45) is 0.904. The second-order valence-electron chi connectivity index (χ2n) is 22.3. The third kappa shape index (κ3) is 17.4. The van der Waals surface area contributed by atoms with Crippen LogP contribution in [0.5, 0.6) is 0 Å². The predicted molar refractivity (Wildman–Crippen MR) is 312 cm³/mol. The number of ether oxygens (including phenoxy) is 9. The van der Waals surface area contributed by atoms with Crippen molar-refractivity contribution in [2.45, 2.75) is 118 Å². The van der Waals surface area contributed by atoms with E-state index in [2.05, 4.69) is 20.9 Å². The number of aromatic nitrogens is 2. The fourth-order valence-electron chi connectivity index (χ4n) is 10.8. The van der Waals surface area contributed by atoms with Crippen molar-refractivity contribution in [3.05, 3.63) is 61.7 Å². The van der Waals surface area contributed by atoms with Gasteiger partial charge in [-0.3, -0.25) is 38.5 Å². The summed E-state index contributed by atoms with van der Waals surface area (Å²) in [5, 5.41) is 20.6. The lowest BCUT2D eigenvalue weighted by atomic mass is 9.81. The highest BCUT2D eigenvalue weighted by molar-refractivity contribution is 6.41. The number of rotatable bonds is 37. The average molecular weight is 1220 g/mol. The molecule has 87 heavy (non-hydrogen) atoms. The summed E-state index contributed by atoms with van der Waals surface area (Å²) in [7, 11) is 0. The van der Waals surface area contributed by atoms with Gasteiger partial charge >= 0.3 is 5.97 Å². The van der Waals surface area contributed by atoms with Gasteiger partial charge < -0.3 is 68.3 Å². The third-order valence-electron chi connectivity index (χ3n) is 15.7. The Morgan fingerprint density at radius 1 is 0.793 bits per heavy atom. The van der Waals surface area contributed by atoms with Crippen LogP contribution in [0, 0.1) is 30.5 Å². The Morgan fingerprint density at radius 2 is 1.37 bits per heavy atom. The Morgan fingerprint density at radius 3 is 1.92 bits per heavy atom. The molecule has 0 bridgehead atoms. The highest BCUT2D eigenvalue weighted by Crippen LogP contribution is 2.46. The minimum absolute atomic E-state index is 0.0399. The minimum Gasteiger partial charge on any atom is -0.458 e. The molecule has 1 saturated heterocycles. The fraction of sp³-hybridized carbons (Fsp3) is 0.639. The van der Waals surface area contributed by atoms with Crippen LogP contribution < -0.4 is 21.5 Å². The summed E-state index contributed by atoms with van der Waals surface area (Å²) in [6, 6.07) is 1.19. The number of likely N-dealkylation sites (tertiary alicyclic amines) is 1. The average Bonchev–Trinajstić information content (AvgIpc) is 1.67. The van der Waals surface area contributed by atoms with Crippen LogP contribution in [0.3, 0.4) is 0 Å². The molecular weight excluding hydrogens is 1140 g/mol. The van der Waals surface area contributed by atoms with Gasteiger partial charge in [-0.15, -0.1) is 0 Å². The van der Waals surface area contributed by atoms with Gasteiger partial charge in [-0.2, -0.15) is 0 Å². The van der Waals surface area contributed by atoms with Gasteiger partial charge in [-0.25, -0.2) is 19.2 Å². The molecule has 7 rings (SSSR count). The molecule has 26 heteroatoms. The van der Waals surface area contributed by atoms with Gasteiger partial charge in [-0.05, 0) is 61.8 Å². The molecule has 0 spiro atoms. The first-order valence-corrected chi connectivity index (χ1v) is 30.0.